The number of carbonyl (C=O) groups is 2. The van der Waals surface area contributed by atoms with E-state index < -0.39 is 23.6 Å². The maximum atomic E-state index is 13.7. The molecular weight excluding hydrogens is 299 g/mol. The van der Waals surface area contributed by atoms with Crippen LogP contribution < -0.4 is 4.74 Å². The molecule has 2 aromatic rings. The molecule has 0 saturated carbocycles. The van der Waals surface area contributed by atoms with Crippen LogP contribution in [-0.4, -0.2) is 18.9 Å². The first-order chi connectivity index (χ1) is 11.0. The maximum absolute atomic E-state index is 13.7. The second-order valence-electron chi connectivity index (χ2n) is 5.41. The summed E-state index contributed by atoms with van der Waals surface area (Å²) in [6, 6.07) is 11.2. The highest BCUT2D eigenvalue weighted by molar-refractivity contribution is 5.99. The van der Waals surface area contributed by atoms with Crippen LogP contribution in [0.25, 0.3) is 0 Å². The first-order valence-corrected chi connectivity index (χ1v) is 7.17. The van der Waals surface area contributed by atoms with Gasteiger partial charge in [-0.2, -0.15) is 0 Å². The number of fused-ring (bicyclic) bond motifs is 2. The molecule has 118 valence electrons. The van der Waals surface area contributed by atoms with E-state index >= 15 is 0 Å². The van der Waals surface area contributed by atoms with Gasteiger partial charge in [-0.3, -0.25) is 9.59 Å². The Bertz CT molecular complexity index is 784. The minimum Gasteiger partial charge on any atom is -0.468 e. The van der Waals surface area contributed by atoms with Crippen molar-refractivity contribution in [3.63, 3.8) is 0 Å². The van der Waals surface area contributed by atoms with Crippen molar-refractivity contribution in [1.29, 1.82) is 0 Å². The zero-order valence-electron chi connectivity index (χ0n) is 12.7. The van der Waals surface area contributed by atoms with Crippen molar-refractivity contribution in [2.75, 3.05) is 7.11 Å². The summed E-state index contributed by atoms with van der Waals surface area (Å²) in [5.74, 6) is -2.15. The number of rotatable bonds is 3. The lowest BCUT2D eigenvalue weighted by molar-refractivity contribution is -0.149. The summed E-state index contributed by atoms with van der Waals surface area (Å²) < 4.78 is 24.3. The van der Waals surface area contributed by atoms with Crippen LogP contribution in [0.3, 0.4) is 0 Å². The third-order valence-corrected chi connectivity index (χ3v) is 4.01. The van der Waals surface area contributed by atoms with Gasteiger partial charge in [-0.25, -0.2) is 4.39 Å². The quantitative estimate of drug-likeness (QED) is 0.643. The van der Waals surface area contributed by atoms with Crippen molar-refractivity contribution in [3.8, 4) is 11.5 Å². The Morgan fingerprint density at radius 2 is 1.83 bits per heavy atom. The first kappa shape index (κ1) is 15.2. The zero-order valence-corrected chi connectivity index (χ0v) is 12.7. The number of halogens is 1. The van der Waals surface area contributed by atoms with E-state index in [-0.39, 0.29) is 5.78 Å². The molecule has 0 aromatic heterocycles. The minimum atomic E-state index is -1.05. The molecule has 2 aromatic carbocycles. The fraction of sp³-hybridized carbons (Fsp3) is 0.222. The number of ether oxygens (including phenoxy) is 2. The first-order valence-electron chi connectivity index (χ1n) is 7.17. The number of ketones is 1. The van der Waals surface area contributed by atoms with Gasteiger partial charge < -0.3 is 9.47 Å². The van der Waals surface area contributed by atoms with Gasteiger partial charge in [-0.05, 0) is 31.2 Å². The van der Waals surface area contributed by atoms with E-state index in [1.54, 1.807) is 24.3 Å². The van der Waals surface area contributed by atoms with Crippen molar-refractivity contribution < 1.29 is 23.5 Å². The highest BCUT2D eigenvalue weighted by atomic mass is 19.1. The second-order valence-corrected chi connectivity index (χ2v) is 5.41. The molecule has 0 aliphatic carbocycles. The molecule has 3 rings (SSSR count). The number of methoxy groups -OCH3 is 1. The number of Topliss-reactive ketones (excluding diaryl/α,β-unsaturated/α-hetero) is 1. The Hall–Kier alpha value is -2.69. The molecular formula is C18H15FO4. The fourth-order valence-electron chi connectivity index (χ4n) is 2.99. The van der Waals surface area contributed by atoms with Gasteiger partial charge in [0.05, 0.1) is 7.11 Å². The Balaban J connectivity index is 2.24. The van der Waals surface area contributed by atoms with Crippen molar-refractivity contribution >= 4 is 11.8 Å². The fourth-order valence-corrected chi connectivity index (χ4v) is 2.99. The van der Waals surface area contributed by atoms with Crippen LogP contribution in [0.5, 0.6) is 11.5 Å². The number of hydrogen-bond donors (Lipinski definition) is 0. The van der Waals surface area contributed by atoms with Crippen LogP contribution in [-0.2, 0) is 14.3 Å². The SMILES string of the molecule is COC(=O)[C@@H](C(C)=O)[C@H]1c2ccccc2Oc2ccc(F)cc21. The van der Waals surface area contributed by atoms with E-state index in [4.69, 9.17) is 9.47 Å². The summed E-state index contributed by atoms with van der Waals surface area (Å²) in [5, 5.41) is 0. The molecule has 2 atom stereocenters. The number of carbonyl (C=O) groups excluding carboxylic acids is 2. The normalized spacial score (nSPS) is 16.6. The van der Waals surface area contributed by atoms with E-state index in [9.17, 15) is 14.0 Å². The van der Waals surface area contributed by atoms with Gasteiger partial charge in [0.25, 0.3) is 0 Å². The highest BCUT2D eigenvalue weighted by Crippen LogP contribution is 2.48. The van der Waals surface area contributed by atoms with Crippen LogP contribution in [0.15, 0.2) is 42.5 Å². The average molecular weight is 314 g/mol. The Morgan fingerprint density at radius 3 is 2.52 bits per heavy atom. The molecule has 0 bridgehead atoms. The van der Waals surface area contributed by atoms with Crippen LogP contribution in [0.1, 0.15) is 24.0 Å². The van der Waals surface area contributed by atoms with Crippen LogP contribution in [0.2, 0.25) is 0 Å². The lowest BCUT2D eigenvalue weighted by Gasteiger charge is -2.31. The summed E-state index contributed by atoms with van der Waals surface area (Å²) in [7, 11) is 1.23. The Labute approximate surface area is 132 Å². The number of hydrogen-bond acceptors (Lipinski definition) is 4. The van der Waals surface area contributed by atoms with E-state index in [1.165, 1.54) is 32.2 Å². The second kappa shape index (κ2) is 5.83. The van der Waals surface area contributed by atoms with Gasteiger partial charge >= 0.3 is 5.97 Å². The molecule has 1 aliphatic heterocycles. The van der Waals surface area contributed by atoms with E-state index in [2.05, 4.69) is 0 Å². The predicted octanol–water partition coefficient (Wildman–Crippen LogP) is 3.44. The molecule has 1 heterocycles. The van der Waals surface area contributed by atoms with Gasteiger partial charge in [-0.1, -0.05) is 18.2 Å². The third kappa shape index (κ3) is 2.59. The van der Waals surface area contributed by atoms with Crippen molar-refractivity contribution in [2.45, 2.75) is 12.8 Å². The van der Waals surface area contributed by atoms with Crippen LogP contribution in [0, 0.1) is 11.7 Å². The smallest absolute Gasteiger partial charge is 0.317 e. The Morgan fingerprint density at radius 1 is 1.13 bits per heavy atom. The summed E-state index contributed by atoms with van der Waals surface area (Å²) in [4.78, 5) is 24.3. The largest absolute Gasteiger partial charge is 0.468 e. The molecule has 0 radical (unpaired) electrons. The van der Waals surface area contributed by atoms with Gasteiger partial charge in [0.1, 0.15) is 29.0 Å². The standard InChI is InChI=1S/C18H15FO4/c1-10(20)16(18(21)22-2)17-12-5-3-4-6-14(12)23-15-8-7-11(19)9-13(15)17/h3-9,16-17H,1-2H3/t16-,17-/m0/s1. The summed E-state index contributed by atoms with van der Waals surface area (Å²) >= 11 is 0. The maximum Gasteiger partial charge on any atom is 0.317 e. The molecule has 1 aliphatic rings. The Kier molecular flexibility index (Phi) is 3.86. The predicted molar refractivity (Wildman–Crippen MR) is 80.9 cm³/mol. The molecule has 5 heteroatoms. The summed E-state index contributed by atoms with van der Waals surface area (Å²) in [5.41, 5.74) is 1.13. The van der Waals surface area contributed by atoms with Crippen molar-refractivity contribution in [3.05, 3.63) is 59.4 Å². The molecule has 23 heavy (non-hydrogen) atoms. The lowest BCUT2D eigenvalue weighted by atomic mass is 9.77. The summed E-state index contributed by atoms with van der Waals surface area (Å²) in [6.07, 6.45) is 0. The van der Waals surface area contributed by atoms with Gasteiger partial charge in [0, 0.05) is 17.0 Å². The van der Waals surface area contributed by atoms with E-state index in [1.807, 2.05) is 0 Å². The van der Waals surface area contributed by atoms with Crippen molar-refractivity contribution in [2.24, 2.45) is 5.92 Å². The molecule has 0 amide bonds. The summed E-state index contributed by atoms with van der Waals surface area (Å²) in [6.45, 7) is 1.33. The zero-order chi connectivity index (χ0) is 16.6. The molecule has 4 nitrogen and oxygen atoms in total. The lowest BCUT2D eigenvalue weighted by Crippen LogP contribution is -2.32. The topological polar surface area (TPSA) is 52.6 Å². The minimum absolute atomic E-state index is 0.339. The highest BCUT2D eigenvalue weighted by Gasteiger charge is 2.40. The molecule has 0 saturated heterocycles. The molecule has 0 spiro atoms. The monoisotopic (exact) mass is 314 g/mol. The van der Waals surface area contributed by atoms with Gasteiger partial charge in [0.2, 0.25) is 0 Å². The molecule has 0 N–H and O–H groups in total. The molecule has 0 unspecified atom stereocenters. The van der Waals surface area contributed by atoms with Crippen LogP contribution >= 0.6 is 0 Å². The van der Waals surface area contributed by atoms with Crippen molar-refractivity contribution in [1.82, 2.24) is 0 Å². The van der Waals surface area contributed by atoms with Gasteiger partial charge in [0.15, 0.2) is 0 Å². The van der Waals surface area contributed by atoms with Gasteiger partial charge in [-0.15, -0.1) is 0 Å². The average Bonchev–Trinajstić information content (AvgIpc) is 2.54. The number of para-hydroxylation sites is 1. The van der Waals surface area contributed by atoms with E-state index in [0.29, 0.717) is 22.6 Å². The van der Waals surface area contributed by atoms with E-state index in [0.717, 1.165) is 0 Å². The number of esters is 1. The number of benzene rings is 2. The van der Waals surface area contributed by atoms with Crippen LogP contribution in [0.4, 0.5) is 4.39 Å². The third-order valence-electron chi connectivity index (χ3n) is 4.01. The molecule has 0 fully saturated rings.